The molecule has 1 aliphatic carbocycles. The van der Waals surface area contributed by atoms with Crippen LogP contribution in [0.15, 0.2) is 47.8 Å². The molecule has 0 amide bonds. The van der Waals surface area contributed by atoms with E-state index in [1.54, 1.807) is 0 Å². The van der Waals surface area contributed by atoms with Crippen LogP contribution in [-0.4, -0.2) is 6.54 Å². The van der Waals surface area contributed by atoms with Crippen molar-refractivity contribution in [3.8, 4) is 0 Å². The summed E-state index contributed by atoms with van der Waals surface area (Å²) in [6, 6.07) is 16.1. The summed E-state index contributed by atoms with van der Waals surface area (Å²) >= 11 is 1.90. The maximum absolute atomic E-state index is 3.86. The molecule has 1 fully saturated rings. The van der Waals surface area contributed by atoms with E-state index < -0.39 is 0 Å². The van der Waals surface area contributed by atoms with Gasteiger partial charge in [0.1, 0.15) is 0 Å². The topological polar surface area (TPSA) is 12.0 Å². The fourth-order valence-electron chi connectivity index (χ4n) is 3.83. The number of nitrogens with one attached hydrogen (secondary N) is 1. The van der Waals surface area contributed by atoms with Crippen molar-refractivity contribution in [1.82, 2.24) is 5.32 Å². The van der Waals surface area contributed by atoms with Crippen LogP contribution in [0.1, 0.15) is 55.5 Å². The summed E-state index contributed by atoms with van der Waals surface area (Å²) in [4.78, 5) is 1.49. The van der Waals surface area contributed by atoms with Gasteiger partial charge in [0, 0.05) is 10.3 Å². The molecule has 1 aliphatic rings. The zero-order chi connectivity index (χ0) is 14.5. The van der Waals surface area contributed by atoms with E-state index in [9.17, 15) is 0 Å². The number of hydrogen-bond acceptors (Lipinski definition) is 2. The Bertz CT molecular complexity index is 526. The molecule has 1 unspecified atom stereocenters. The van der Waals surface area contributed by atoms with Crippen molar-refractivity contribution in [3.63, 3.8) is 0 Å². The fraction of sp³-hybridized carbons (Fsp3) is 0.474. The summed E-state index contributed by atoms with van der Waals surface area (Å²) in [7, 11) is 0. The molecule has 1 nitrogen and oxygen atoms in total. The highest BCUT2D eigenvalue weighted by Gasteiger charge is 2.43. The fourth-order valence-corrected chi connectivity index (χ4v) is 4.75. The Morgan fingerprint density at radius 3 is 2.48 bits per heavy atom. The van der Waals surface area contributed by atoms with Gasteiger partial charge in [-0.25, -0.2) is 0 Å². The third-order valence-corrected chi connectivity index (χ3v) is 5.76. The van der Waals surface area contributed by atoms with Gasteiger partial charge in [-0.05, 0) is 42.8 Å². The van der Waals surface area contributed by atoms with Crippen LogP contribution in [0.25, 0.3) is 0 Å². The Hall–Kier alpha value is -1.12. The van der Waals surface area contributed by atoms with Gasteiger partial charge < -0.3 is 5.32 Å². The number of rotatable bonds is 6. The van der Waals surface area contributed by atoms with Gasteiger partial charge in [-0.1, -0.05) is 56.2 Å². The second-order valence-corrected chi connectivity index (χ2v) is 7.11. The van der Waals surface area contributed by atoms with Crippen LogP contribution in [-0.2, 0) is 5.41 Å². The van der Waals surface area contributed by atoms with E-state index in [1.807, 2.05) is 11.3 Å². The molecule has 21 heavy (non-hydrogen) atoms. The molecule has 0 radical (unpaired) electrons. The first kappa shape index (κ1) is 14.8. The van der Waals surface area contributed by atoms with Crippen molar-refractivity contribution in [3.05, 3.63) is 58.3 Å². The molecule has 1 heterocycles. The van der Waals surface area contributed by atoms with Crippen molar-refractivity contribution in [1.29, 1.82) is 0 Å². The summed E-state index contributed by atoms with van der Waals surface area (Å²) in [5, 5.41) is 6.08. The first-order valence-electron chi connectivity index (χ1n) is 8.19. The Labute approximate surface area is 132 Å². The first-order chi connectivity index (χ1) is 10.4. The molecule has 1 aromatic carbocycles. The standard InChI is InChI=1S/C19H25NS/c1-2-14-20-18(17-11-8-15-21-17)19(12-6-7-13-19)16-9-4-3-5-10-16/h3-5,8-11,15,18,20H,2,6-7,12-14H2,1H3. The number of thiophene rings is 1. The molecule has 0 saturated heterocycles. The third kappa shape index (κ3) is 2.93. The van der Waals surface area contributed by atoms with Gasteiger partial charge in [0.2, 0.25) is 0 Å². The predicted molar refractivity (Wildman–Crippen MR) is 91.9 cm³/mol. The monoisotopic (exact) mass is 299 g/mol. The van der Waals surface area contributed by atoms with Gasteiger partial charge >= 0.3 is 0 Å². The van der Waals surface area contributed by atoms with Gasteiger partial charge in [0.15, 0.2) is 0 Å². The average molecular weight is 299 g/mol. The van der Waals surface area contributed by atoms with E-state index >= 15 is 0 Å². The summed E-state index contributed by atoms with van der Waals surface area (Å²) in [5.74, 6) is 0. The smallest absolute Gasteiger partial charge is 0.0512 e. The van der Waals surface area contributed by atoms with Crippen molar-refractivity contribution in [2.24, 2.45) is 0 Å². The molecule has 1 saturated carbocycles. The molecule has 1 atom stereocenters. The zero-order valence-electron chi connectivity index (χ0n) is 12.8. The number of hydrogen-bond donors (Lipinski definition) is 1. The molecular formula is C19H25NS. The molecule has 2 heteroatoms. The van der Waals surface area contributed by atoms with Gasteiger partial charge in [-0.15, -0.1) is 11.3 Å². The molecule has 0 spiro atoms. The van der Waals surface area contributed by atoms with Crippen molar-refractivity contribution in [2.75, 3.05) is 6.54 Å². The second kappa shape index (κ2) is 6.76. The molecule has 3 rings (SSSR count). The van der Waals surface area contributed by atoms with E-state index in [-0.39, 0.29) is 5.41 Å². The van der Waals surface area contributed by atoms with Crippen LogP contribution in [0.5, 0.6) is 0 Å². The van der Waals surface area contributed by atoms with Crippen LogP contribution < -0.4 is 5.32 Å². The van der Waals surface area contributed by atoms with Crippen LogP contribution in [0.3, 0.4) is 0 Å². The molecule has 1 aromatic heterocycles. The largest absolute Gasteiger partial charge is 0.309 e. The predicted octanol–water partition coefficient (Wildman–Crippen LogP) is 5.30. The molecule has 0 aliphatic heterocycles. The minimum atomic E-state index is 0.279. The average Bonchev–Trinajstić information content (AvgIpc) is 3.21. The maximum Gasteiger partial charge on any atom is 0.0512 e. The lowest BCUT2D eigenvalue weighted by molar-refractivity contribution is 0.305. The normalized spacial score (nSPS) is 18.7. The highest BCUT2D eigenvalue weighted by atomic mass is 32.1. The SMILES string of the molecule is CCCNC(c1cccs1)C1(c2ccccc2)CCCC1. The quantitative estimate of drug-likeness (QED) is 0.763. The van der Waals surface area contributed by atoms with Crippen molar-refractivity contribution < 1.29 is 0 Å². The van der Waals surface area contributed by atoms with Crippen molar-refractivity contribution >= 4 is 11.3 Å². The van der Waals surface area contributed by atoms with Crippen LogP contribution >= 0.6 is 11.3 Å². The van der Waals surface area contributed by atoms with Gasteiger partial charge in [-0.3, -0.25) is 0 Å². The summed E-state index contributed by atoms with van der Waals surface area (Å²) in [6.45, 7) is 3.35. The van der Waals surface area contributed by atoms with E-state index in [0.29, 0.717) is 6.04 Å². The van der Waals surface area contributed by atoms with Gasteiger partial charge in [0.05, 0.1) is 6.04 Å². The minimum Gasteiger partial charge on any atom is -0.309 e. The lowest BCUT2D eigenvalue weighted by Gasteiger charge is -2.38. The Morgan fingerprint density at radius 1 is 1.10 bits per heavy atom. The molecule has 0 bridgehead atoms. The van der Waals surface area contributed by atoms with Crippen LogP contribution in [0, 0.1) is 0 Å². The lowest BCUT2D eigenvalue weighted by Crippen LogP contribution is -2.39. The zero-order valence-corrected chi connectivity index (χ0v) is 13.7. The Balaban J connectivity index is 2.00. The van der Waals surface area contributed by atoms with Crippen LogP contribution in [0.4, 0.5) is 0 Å². The lowest BCUT2D eigenvalue weighted by atomic mass is 9.72. The second-order valence-electron chi connectivity index (χ2n) is 6.13. The molecule has 1 N–H and O–H groups in total. The number of benzene rings is 1. The molecule has 2 aromatic rings. The Morgan fingerprint density at radius 2 is 1.86 bits per heavy atom. The van der Waals surface area contributed by atoms with E-state index in [2.05, 4.69) is 60.1 Å². The maximum atomic E-state index is 3.86. The van der Waals surface area contributed by atoms with E-state index in [1.165, 1.54) is 42.5 Å². The first-order valence-corrected chi connectivity index (χ1v) is 9.07. The van der Waals surface area contributed by atoms with E-state index in [0.717, 1.165) is 6.54 Å². The van der Waals surface area contributed by atoms with Crippen molar-refractivity contribution in [2.45, 2.75) is 50.5 Å². The highest BCUT2D eigenvalue weighted by molar-refractivity contribution is 7.10. The third-order valence-electron chi connectivity index (χ3n) is 4.82. The summed E-state index contributed by atoms with van der Waals surface area (Å²) < 4.78 is 0. The van der Waals surface area contributed by atoms with Gasteiger partial charge in [0.25, 0.3) is 0 Å². The van der Waals surface area contributed by atoms with Crippen LogP contribution in [0.2, 0.25) is 0 Å². The minimum absolute atomic E-state index is 0.279. The summed E-state index contributed by atoms with van der Waals surface area (Å²) in [6.07, 6.45) is 6.49. The van der Waals surface area contributed by atoms with Gasteiger partial charge in [-0.2, -0.15) is 0 Å². The molecule has 112 valence electrons. The summed E-state index contributed by atoms with van der Waals surface area (Å²) in [5.41, 5.74) is 1.80. The van der Waals surface area contributed by atoms with E-state index in [4.69, 9.17) is 0 Å². The molecular weight excluding hydrogens is 274 g/mol. The Kier molecular flexibility index (Phi) is 4.77. The highest BCUT2D eigenvalue weighted by Crippen LogP contribution is 2.50.